The lowest BCUT2D eigenvalue weighted by molar-refractivity contribution is 0.0480. The molecule has 1 aromatic carbocycles. The molecule has 2 aromatic heterocycles. The maximum absolute atomic E-state index is 12.3. The minimum atomic E-state index is -0.222. The summed E-state index contributed by atoms with van der Waals surface area (Å²) < 4.78 is 8.11. The molecule has 1 fully saturated rings. The third-order valence-electron chi connectivity index (χ3n) is 5.63. The van der Waals surface area contributed by atoms with E-state index in [4.69, 9.17) is 4.74 Å². The van der Waals surface area contributed by atoms with Crippen LogP contribution in [0, 0.1) is 0 Å². The Morgan fingerprint density at radius 2 is 2.04 bits per heavy atom. The molecule has 0 aliphatic carbocycles. The zero-order chi connectivity index (χ0) is 18.4. The van der Waals surface area contributed by atoms with Crippen molar-refractivity contribution >= 4 is 17.0 Å². The maximum Gasteiger partial charge on any atom is 0.263 e. The molecule has 2 aliphatic rings. The quantitative estimate of drug-likeness (QED) is 0.672. The zero-order valence-electron chi connectivity index (χ0n) is 15.2. The number of aromatic amines is 1. The number of nitrogens with zero attached hydrogens (tertiary/aromatic N) is 4. The third-order valence-corrected chi connectivity index (χ3v) is 5.63. The third kappa shape index (κ3) is 2.76. The molecule has 8 heteroatoms. The summed E-state index contributed by atoms with van der Waals surface area (Å²) in [5, 5.41) is 8.17. The van der Waals surface area contributed by atoms with Gasteiger partial charge in [-0.1, -0.05) is 18.2 Å². The van der Waals surface area contributed by atoms with E-state index in [2.05, 4.69) is 31.3 Å². The highest BCUT2D eigenvalue weighted by Crippen LogP contribution is 2.33. The fraction of sp³-hybridized carbons (Fsp3) is 0.421. The van der Waals surface area contributed by atoms with Crippen molar-refractivity contribution in [2.45, 2.75) is 25.0 Å². The molecule has 2 N–H and O–H groups in total. The number of aryl methyl sites for hydroxylation is 1. The van der Waals surface area contributed by atoms with Crippen molar-refractivity contribution in [1.82, 2.24) is 25.1 Å². The number of anilines is 1. The molecule has 8 nitrogen and oxygen atoms in total. The summed E-state index contributed by atoms with van der Waals surface area (Å²) in [5.74, 6) is 1.58. The normalized spacial score (nSPS) is 18.9. The number of hydrogen-bond donors (Lipinski definition) is 2. The largest absolute Gasteiger partial charge is 0.485 e. The van der Waals surface area contributed by atoms with E-state index in [0.29, 0.717) is 17.0 Å². The molecule has 0 amide bonds. The molecule has 1 saturated heterocycles. The standard InChI is InChI=1S/C19H22N6O2/c1-24-16-14(11-21-24)17(26)23-18(22-16)25-8-6-19(7-9-25)12-20-10-13-4-2-3-5-15(13)27-19/h2-5,11,20H,6-10,12H2,1H3,(H,22,23,26). The van der Waals surface area contributed by atoms with Crippen LogP contribution in [0.25, 0.3) is 11.0 Å². The van der Waals surface area contributed by atoms with E-state index in [1.807, 2.05) is 18.2 Å². The first-order valence-corrected chi connectivity index (χ1v) is 9.28. The van der Waals surface area contributed by atoms with Crippen molar-refractivity contribution in [2.24, 2.45) is 7.05 Å². The monoisotopic (exact) mass is 366 g/mol. The molecule has 0 atom stereocenters. The Kier molecular flexibility index (Phi) is 3.68. The topological polar surface area (TPSA) is 88.1 Å². The molecular formula is C19H22N6O2. The van der Waals surface area contributed by atoms with Gasteiger partial charge in [-0.25, -0.2) is 0 Å². The highest BCUT2D eigenvalue weighted by atomic mass is 16.5. The van der Waals surface area contributed by atoms with Crippen LogP contribution in [0.15, 0.2) is 35.3 Å². The molecule has 140 valence electrons. The number of para-hydroxylation sites is 1. The van der Waals surface area contributed by atoms with Gasteiger partial charge in [0.05, 0.1) is 6.20 Å². The van der Waals surface area contributed by atoms with Crippen LogP contribution in [0.3, 0.4) is 0 Å². The van der Waals surface area contributed by atoms with Gasteiger partial charge in [-0.3, -0.25) is 14.5 Å². The van der Waals surface area contributed by atoms with Crippen molar-refractivity contribution in [3.63, 3.8) is 0 Å². The number of benzene rings is 1. The van der Waals surface area contributed by atoms with Crippen molar-refractivity contribution in [3.05, 3.63) is 46.4 Å². The van der Waals surface area contributed by atoms with Gasteiger partial charge in [0.2, 0.25) is 5.95 Å². The van der Waals surface area contributed by atoms with Crippen LogP contribution in [-0.2, 0) is 13.6 Å². The van der Waals surface area contributed by atoms with Gasteiger partial charge in [-0.05, 0) is 6.07 Å². The number of nitrogens with one attached hydrogen (secondary N) is 2. The predicted octanol–water partition coefficient (Wildman–Crippen LogP) is 1.18. The number of piperidine rings is 1. The second-order valence-corrected chi connectivity index (χ2v) is 7.38. The summed E-state index contributed by atoms with van der Waals surface area (Å²) in [7, 11) is 1.80. The van der Waals surface area contributed by atoms with Gasteiger partial charge in [-0.2, -0.15) is 10.1 Å². The summed E-state index contributed by atoms with van der Waals surface area (Å²) in [6, 6.07) is 8.21. The van der Waals surface area contributed by atoms with Gasteiger partial charge in [0.15, 0.2) is 5.65 Å². The SMILES string of the molecule is Cn1ncc2c(=O)[nH]c(N3CCC4(CC3)CNCc3ccccc3O4)nc21. The van der Waals surface area contributed by atoms with Crippen LogP contribution in [0.4, 0.5) is 5.95 Å². The summed E-state index contributed by atoms with van der Waals surface area (Å²) in [6.45, 7) is 3.19. The molecule has 4 heterocycles. The maximum atomic E-state index is 12.3. The molecular weight excluding hydrogens is 344 g/mol. The van der Waals surface area contributed by atoms with Gasteiger partial charge in [-0.15, -0.1) is 0 Å². The number of rotatable bonds is 1. The summed E-state index contributed by atoms with van der Waals surface area (Å²) in [4.78, 5) is 22.0. The van der Waals surface area contributed by atoms with Crippen LogP contribution in [-0.4, -0.2) is 45.0 Å². The van der Waals surface area contributed by atoms with Crippen LogP contribution >= 0.6 is 0 Å². The molecule has 27 heavy (non-hydrogen) atoms. The van der Waals surface area contributed by atoms with E-state index in [1.165, 1.54) is 5.56 Å². The number of fused-ring (bicyclic) bond motifs is 2. The predicted molar refractivity (Wildman–Crippen MR) is 102 cm³/mol. The minimum Gasteiger partial charge on any atom is -0.485 e. The molecule has 2 aliphatic heterocycles. The smallest absolute Gasteiger partial charge is 0.263 e. The van der Waals surface area contributed by atoms with E-state index in [1.54, 1.807) is 17.9 Å². The van der Waals surface area contributed by atoms with E-state index in [-0.39, 0.29) is 11.2 Å². The Bertz CT molecular complexity index is 1050. The number of H-pyrrole nitrogens is 1. The van der Waals surface area contributed by atoms with E-state index < -0.39 is 0 Å². The van der Waals surface area contributed by atoms with Crippen molar-refractivity contribution < 1.29 is 4.74 Å². The average molecular weight is 366 g/mol. The zero-order valence-corrected chi connectivity index (χ0v) is 15.2. The fourth-order valence-electron chi connectivity index (χ4n) is 4.02. The number of hydrogen-bond acceptors (Lipinski definition) is 6. The first-order valence-electron chi connectivity index (χ1n) is 9.28. The van der Waals surface area contributed by atoms with E-state index >= 15 is 0 Å². The molecule has 5 rings (SSSR count). The average Bonchev–Trinajstić information content (AvgIpc) is 2.95. The minimum absolute atomic E-state index is 0.148. The lowest BCUT2D eigenvalue weighted by atomic mass is 9.91. The van der Waals surface area contributed by atoms with Crippen LogP contribution in [0.1, 0.15) is 18.4 Å². The lowest BCUT2D eigenvalue weighted by Gasteiger charge is -2.41. The van der Waals surface area contributed by atoms with Gasteiger partial charge >= 0.3 is 0 Å². The second kappa shape index (κ2) is 6.09. The second-order valence-electron chi connectivity index (χ2n) is 7.38. The Labute approximate surface area is 156 Å². The van der Waals surface area contributed by atoms with Crippen LogP contribution in [0.2, 0.25) is 0 Å². The first-order chi connectivity index (χ1) is 13.1. The Morgan fingerprint density at radius 3 is 2.89 bits per heavy atom. The van der Waals surface area contributed by atoms with Gasteiger partial charge in [0, 0.05) is 51.6 Å². The fourth-order valence-corrected chi connectivity index (χ4v) is 4.02. The van der Waals surface area contributed by atoms with Crippen LogP contribution in [0.5, 0.6) is 5.75 Å². The molecule has 3 aromatic rings. The van der Waals surface area contributed by atoms with Crippen molar-refractivity contribution in [2.75, 3.05) is 24.5 Å². The van der Waals surface area contributed by atoms with Gasteiger partial charge in [0.25, 0.3) is 5.56 Å². The molecule has 0 unspecified atom stereocenters. The first kappa shape index (κ1) is 16.3. The van der Waals surface area contributed by atoms with E-state index in [0.717, 1.165) is 44.8 Å². The van der Waals surface area contributed by atoms with E-state index in [9.17, 15) is 4.79 Å². The Morgan fingerprint density at radius 1 is 1.22 bits per heavy atom. The molecule has 0 saturated carbocycles. The molecule has 0 bridgehead atoms. The Hall–Kier alpha value is -2.87. The lowest BCUT2D eigenvalue weighted by Crippen LogP contribution is -2.53. The van der Waals surface area contributed by atoms with Gasteiger partial charge in [0.1, 0.15) is 16.7 Å². The summed E-state index contributed by atoms with van der Waals surface area (Å²) in [5.41, 5.74) is 1.43. The van der Waals surface area contributed by atoms with Crippen molar-refractivity contribution in [1.29, 1.82) is 0 Å². The summed E-state index contributed by atoms with van der Waals surface area (Å²) in [6.07, 6.45) is 3.28. The Balaban J connectivity index is 1.39. The van der Waals surface area contributed by atoms with Crippen LogP contribution < -0.4 is 20.5 Å². The summed E-state index contributed by atoms with van der Waals surface area (Å²) >= 11 is 0. The highest BCUT2D eigenvalue weighted by Gasteiger charge is 2.38. The number of ether oxygens (including phenoxy) is 1. The highest BCUT2D eigenvalue weighted by molar-refractivity contribution is 5.74. The van der Waals surface area contributed by atoms with Gasteiger partial charge < -0.3 is 15.0 Å². The number of aromatic nitrogens is 4. The van der Waals surface area contributed by atoms with Crippen molar-refractivity contribution in [3.8, 4) is 5.75 Å². The molecule has 1 spiro atoms. The molecule has 0 radical (unpaired) electrons.